The number of allylic oxidation sites excluding steroid dienone is 3. The molecule has 0 unspecified atom stereocenters. The summed E-state index contributed by atoms with van der Waals surface area (Å²) in [6, 6.07) is 0. The summed E-state index contributed by atoms with van der Waals surface area (Å²) in [6.07, 6.45) is 11.1. The third kappa shape index (κ3) is 5.95. The molecular weight excluding hydrogens is 208 g/mol. The molecule has 0 aromatic heterocycles. The zero-order valence-corrected chi connectivity index (χ0v) is 12.0. The summed E-state index contributed by atoms with van der Waals surface area (Å²) in [5, 5.41) is 0. The Kier molecular flexibility index (Phi) is 5.30. The van der Waals surface area contributed by atoms with Crippen molar-refractivity contribution in [2.24, 2.45) is 11.3 Å². The molecule has 1 aliphatic carbocycles. The Morgan fingerprint density at radius 1 is 1.35 bits per heavy atom. The minimum absolute atomic E-state index is 0.271. The largest absolute Gasteiger partial charge is 0.495 e. The first-order valence-electron chi connectivity index (χ1n) is 6.91. The van der Waals surface area contributed by atoms with E-state index in [1.54, 1.807) is 0 Å². The molecule has 0 aromatic carbocycles. The molecule has 0 bridgehead atoms. The third-order valence-electron chi connectivity index (χ3n) is 3.28. The molecule has 0 aromatic rings. The zero-order valence-electron chi connectivity index (χ0n) is 12.0. The summed E-state index contributed by atoms with van der Waals surface area (Å²) >= 11 is 0. The van der Waals surface area contributed by atoms with E-state index in [2.05, 4.69) is 46.4 Å². The first-order valence-corrected chi connectivity index (χ1v) is 6.91. The monoisotopic (exact) mass is 236 g/mol. The van der Waals surface area contributed by atoms with Crippen LogP contribution >= 0.6 is 0 Å². The molecule has 1 atom stereocenters. The molecule has 1 aliphatic rings. The fourth-order valence-electron chi connectivity index (χ4n) is 2.09. The summed E-state index contributed by atoms with van der Waals surface area (Å²) in [5.41, 5.74) is 0.271. The van der Waals surface area contributed by atoms with Crippen molar-refractivity contribution in [1.82, 2.24) is 0 Å². The molecule has 1 nitrogen and oxygen atoms in total. The molecule has 0 N–H and O–H groups in total. The highest BCUT2D eigenvalue weighted by Gasteiger charge is 2.18. The predicted octanol–water partition coefficient (Wildman–Crippen LogP) is 5.09. The molecule has 0 saturated heterocycles. The van der Waals surface area contributed by atoms with Crippen LogP contribution in [0.3, 0.4) is 0 Å². The number of rotatable bonds is 5. The quantitative estimate of drug-likeness (QED) is 0.477. The van der Waals surface area contributed by atoms with Crippen LogP contribution in [0.4, 0.5) is 0 Å². The van der Waals surface area contributed by atoms with E-state index in [0.717, 1.165) is 12.2 Å². The molecule has 1 rings (SSSR count). The van der Waals surface area contributed by atoms with E-state index < -0.39 is 0 Å². The smallest absolute Gasteiger partial charge is 0.0982 e. The second kappa shape index (κ2) is 6.28. The van der Waals surface area contributed by atoms with Gasteiger partial charge in [0.1, 0.15) is 0 Å². The number of hydrogen-bond donors (Lipinski definition) is 0. The van der Waals surface area contributed by atoms with Gasteiger partial charge < -0.3 is 4.74 Å². The fourth-order valence-corrected chi connectivity index (χ4v) is 2.09. The van der Waals surface area contributed by atoms with Crippen molar-refractivity contribution in [3.8, 4) is 0 Å². The SMILES string of the molecule is C=C(OC1CCCC1)[C@@H](C)C/C=C/C(C)(C)C. The van der Waals surface area contributed by atoms with Crippen LogP contribution < -0.4 is 0 Å². The van der Waals surface area contributed by atoms with E-state index in [9.17, 15) is 0 Å². The van der Waals surface area contributed by atoms with Crippen molar-refractivity contribution in [3.63, 3.8) is 0 Å². The molecule has 0 spiro atoms. The average Bonchev–Trinajstić information content (AvgIpc) is 2.68. The van der Waals surface area contributed by atoms with Gasteiger partial charge in [-0.15, -0.1) is 0 Å². The summed E-state index contributed by atoms with van der Waals surface area (Å²) < 4.78 is 5.93. The lowest BCUT2D eigenvalue weighted by Gasteiger charge is -2.20. The van der Waals surface area contributed by atoms with Crippen LogP contribution in [0.1, 0.15) is 59.8 Å². The van der Waals surface area contributed by atoms with Crippen LogP contribution in [0.5, 0.6) is 0 Å². The predicted molar refractivity (Wildman–Crippen MR) is 74.9 cm³/mol. The molecular formula is C16H28O. The van der Waals surface area contributed by atoms with Crippen LogP contribution in [0.25, 0.3) is 0 Å². The van der Waals surface area contributed by atoms with Crippen LogP contribution in [-0.2, 0) is 4.74 Å². The van der Waals surface area contributed by atoms with Gasteiger partial charge in [0.15, 0.2) is 0 Å². The van der Waals surface area contributed by atoms with Gasteiger partial charge in [0, 0.05) is 5.92 Å². The summed E-state index contributed by atoms with van der Waals surface area (Å²) in [5.74, 6) is 1.39. The number of hydrogen-bond acceptors (Lipinski definition) is 1. The van der Waals surface area contributed by atoms with E-state index in [-0.39, 0.29) is 5.41 Å². The van der Waals surface area contributed by atoms with E-state index in [0.29, 0.717) is 12.0 Å². The Bertz CT molecular complexity index is 264. The van der Waals surface area contributed by atoms with Gasteiger partial charge in [-0.05, 0) is 37.5 Å². The molecule has 1 heteroatoms. The maximum Gasteiger partial charge on any atom is 0.0982 e. The van der Waals surface area contributed by atoms with Crippen molar-refractivity contribution in [3.05, 3.63) is 24.5 Å². The molecule has 0 radical (unpaired) electrons. The van der Waals surface area contributed by atoms with Crippen molar-refractivity contribution in [1.29, 1.82) is 0 Å². The molecule has 0 amide bonds. The second-order valence-corrected chi connectivity index (χ2v) is 6.40. The van der Waals surface area contributed by atoms with Crippen molar-refractivity contribution in [2.75, 3.05) is 0 Å². The Labute approximate surface area is 107 Å². The maximum atomic E-state index is 5.93. The Balaban J connectivity index is 2.29. The van der Waals surface area contributed by atoms with Gasteiger partial charge in [-0.1, -0.05) is 46.4 Å². The first-order chi connectivity index (χ1) is 7.88. The fraction of sp³-hybridized carbons (Fsp3) is 0.750. The van der Waals surface area contributed by atoms with Crippen LogP contribution in [0.2, 0.25) is 0 Å². The summed E-state index contributed by atoms with van der Waals surface area (Å²) in [7, 11) is 0. The molecule has 17 heavy (non-hydrogen) atoms. The molecule has 1 fully saturated rings. The zero-order chi connectivity index (χ0) is 12.9. The maximum absolute atomic E-state index is 5.93. The number of ether oxygens (including phenoxy) is 1. The van der Waals surface area contributed by atoms with Crippen LogP contribution in [-0.4, -0.2) is 6.10 Å². The minimum Gasteiger partial charge on any atom is -0.495 e. The second-order valence-electron chi connectivity index (χ2n) is 6.40. The normalized spacial score (nSPS) is 19.8. The molecule has 0 aliphatic heterocycles. The van der Waals surface area contributed by atoms with Gasteiger partial charge in [0.05, 0.1) is 11.9 Å². The molecule has 0 heterocycles. The van der Waals surface area contributed by atoms with E-state index in [1.165, 1.54) is 25.7 Å². The van der Waals surface area contributed by atoms with Crippen LogP contribution in [0, 0.1) is 11.3 Å². The Morgan fingerprint density at radius 3 is 2.47 bits per heavy atom. The van der Waals surface area contributed by atoms with E-state index in [4.69, 9.17) is 4.74 Å². The van der Waals surface area contributed by atoms with Crippen LogP contribution in [0.15, 0.2) is 24.5 Å². The standard InChI is InChI=1S/C16H28O/c1-13(9-8-12-16(3,4)5)14(2)17-15-10-6-7-11-15/h8,12-13,15H,2,6-7,9-11H2,1,3-5H3/b12-8+/t13-/m0/s1. The topological polar surface area (TPSA) is 9.23 Å². The van der Waals surface area contributed by atoms with Gasteiger partial charge in [0.25, 0.3) is 0 Å². The lowest BCUT2D eigenvalue weighted by molar-refractivity contribution is 0.102. The highest BCUT2D eigenvalue weighted by Crippen LogP contribution is 2.26. The van der Waals surface area contributed by atoms with Crippen molar-refractivity contribution in [2.45, 2.75) is 65.9 Å². The summed E-state index contributed by atoms with van der Waals surface area (Å²) in [4.78, 5) is 0. The summed E-state index contributed by atoms with van der Waals surface area (Å²) in [6.45, 7) is 12.9. The van der Waals surface area contributed by atoms with Gasteiger partial charge in [-0.25, -0.2) is 0 Å². The van der Waals surface area contributed by atoms with Gasteiger partial charge in [-0.2, -0.15) is 0 Å². The Hall–Kier alpha value is -0.720. The lowest BCUT2D eigenvalue weighted by atomic mass is 9.94. The third-order valence-corrected chi connectivity index (χ3v) is 3.28. The van der Waals surface area contributed by atoms with Gasteiger partial charge in [-0.3, -0.25) is 0 Å². The van der Waals surface area contributed by atoms with Crippen molar-refractivity contribution < 1.29 is 4.74 Å². The van der Waals surface area contributed by atoms with Crippen molar-refractivity contribution >= 4 is 0 Å². The Morgan fingerprint density at radius 2 is 1.94 bits per heavy atom. The first kappa shape index (κ1) is 14.3. The highest BCUT2D eigenvalue weighted by atomic mass is 16.5. The van der Waals surface area contributed by atoms with Gasteiger partial charge in [0.2, 0.25) is 0 Å². The van der Waals surface area contributed by atoms with Gasteiger partial charge >= 0.3 is 0 Å². The molecule has 98 valence electrons. The van der Waals surface area contributed by atoms with E-state index in [1.807, 2.05) is 0 Å². The molecule has 1 saturated carbocycles. The van der Waals surface area contributed by atoms with E-state index >= 15 is 0 Å². The highest BCUT2D eigenvalue weighted by molar-refractivity contribution is 4.98. The average molecular weight is 236 g/mol. The lowest BCUT2D eigenvalue weighted by Crippen LogP contribution is -2.11. The minimum atomic E-state index is 0.271.